The number of ether oxygens (including phenoxy) is 1. The van der Waals surface area contributed by atoms with Crippen LogP contribution in [-0.2, 0) is 9.59 Å². The van der Waals surface area contributed by atoms with E-state index in [9.17, 15) is 19.7 Å². The van der Waals surface area contributed by atoms with Crippen LogP contribution in [0.4, 0.5) is 5.69 Å². The minimum atomic E-state index is -1.07. The fourth-order valence-electron chi connectivity index (χ4n) is 2.11. The fraction of sp³-hybridized carbons (Fsp3) is 0.429. The Morgan fingerprint density at radius 2 is 2.18 bits per heavy atom. The third kappa shape index (κ3) is 3.72. The van der Waals surface area contributed by atoms with Crippen LogP contribution in [0.5, 0.6) is 5.75 Å². The molecule has 0 bridgehead atoms. The van der Waals surface area contributed by atoms with Crippen molar-refractivity contribution in [1.29, 1.82) is 0 Å². The highest BCUT2D eigenvalue weighted by molar-refractivity contribution is 5.84. The van der Waals surface area contributed by atoms with Crippen LogP contribution in [0.3, 0.4) is 0 Å². The second kappa shape index (κ2) is 6.42. The molecule has 2 rings (SSSR count). The third-order valence-electron chi connectivity index (χ3n) is 3.39. The number of hydrogen-bond acceptors (Lipinski definition) is 5. The van der Waals surface area contributed by atoms with Gasteiger partial charge in [-0.2, -0.15) is 0 Å². The molecule has 0 heterocycles. The van der Waals surface area contributed by atoms with Crippen molar-refractivity contribution in [3.05, 3.63) is 34.4 Å². The first-order valence-corrected chi connectivity index (χ1v) is 6.81. The van der Waals surface area contributed by atoms with Crippen LogP contribution in [-0.4, -0.2) is 45.5 Å². The first-order chi connectivity index (χ1) is 10.4. The highest BCUT2D eigenvalue weighted by Gasteiger charge is 2.38. The van der Waals surface area contributed by atoms with Crippen LogP contribution in [0.15, 0.2) is 24.3 Å². The van der Waals surface area contributed by atoms with Crippen LogP contribution in [0, 0.1) is 10.1 Å². The molecular formula is C14H16N2O6. The lowest BCUT2D eigenvalue weighted by Gasteiger charge is -2.26. The molecule has 1 aliphatic rings. The second-order valence-electron chi connectivity index (χ2n) is 5.09. The maximum atomic E-state index is 12.2. The number of non-ortho nitro benzene ring substituents is 1. The minimum Gasteiger partial charge on any atom is -0.484 e. The van der Waals surface area contributed by atoms with Gasteiger partial charge in [-0.25, -0.2) is 4.79 Å². The fourth-order valence-corrected chi connectivity index (χ4v) is 2.11. The lowest BCUT2D eigenvalue weighted by atomic mass is 10.2. The maximum Gasteiger partial charge on any atom is 0.326 e. The Morgan fingerprint density at radius 3 is 2.73 bits per heavy atom. The van der Waals surface area contributed by atoms with Crippen molar-refractivity contribution < 1.29 is 24.4 Å². The first kappa shape index (κ1) is 15.7. The zero-order valence-corrected chi connectivity index (χ0v) is 12.0. The standard InChI is InChI=1S/C14H16N2O6/c1-9(14(18)19)15(10-5-6-10)13(17)8-22-12-4-2-3-11(7-12)16(20)21/h2-4,7,9-10H,5-6,8H2,1H3,(H,18,19). The largest absolute Gasteiger partial charge is 0.484 e. The number of nitrogens with zero attached hydrogens (tertiary/aromatic N) is 2. The maximum absolute atomic E-state index is 12.2. The summed E-state index contributed by atoms with van der Waals surface area (Å²) in [6, 6.07) is 4.51. The highest BCUT2D eigenvalue weighted by Crippen LogP contribution is 2.29. The van der Waals surface area contributed by atoms with Crippen LogP contribution < -0.4 is 4.74 Å². The molecule has 0 aromatic heterocycles. The van der Waals surface area contributed by atoms with Crippen LogP contribution >= 0.6 is 0 Å². The van der Waals surface area contributed by atoms with Crippen molar-refractivity contribution in [1.82, 2.24) is 4.90 Å². The van der Waals surface area contributed by atoms with E-state index in [1.165, 1.54) is 36.1 Å². The molecule has 0 spiro atoms. The van der Waals surface area contributed by atoms with Gasteiger partial charge in [0.25, 0.3) is 11.6 Å². The lowest BCUT2D eigenvalue weighted by molar-refractivity contribution is -0.384. The molecule has 8 nitrogen and oxygen atoms in total. The number of hydrogen-bond donors (Lipinski definition) is 1. The summed E-state index contributed by atoms with van der Waals surface area (Å²) in [6.07, 6.45) is 1.56. The number of aliphatic carboxylic acids is 1. The number of rotatable bonds is 7. The molecule has 1 aromatic carbocycles. The molecule has 1 fully saturated rings. The summed E-state index contributed by atoms with van der Waals surface area (Å²) >= 11 is 0. The Kier molecular flexibility index (Phi) is 4.59. The Hall–Kier alpha value is -2.64. The Labute approximate surface area is 126 Å². The molecule has 1 aliphatic carbocycles. The summed E-state index contributed by atoms with van der Waals surface area (Å²) in [5.74, 6) is -1.32. The summed E-state index contributed by atoms with van der Waals surface area (Å²) in [6.45, 7) is 1.10. The molecule has 1 unspecified atom stereocenters. The van der Waals surface area contributed by atoms with Crippen molar-refractivity contribution in [2.45, 2.75) is 31.8 Å². The van der Waals surface area contributed by atoms with Crippen molar-refractivity contribution in [2.75, 3.05) is 6.61 Å². The van der Waals surface area contributed by atoms with Gasteiger partial charge in [-0.1, -0.05) is 6.07 Å². The summed E-state index contributed by atoms with van der Waals surface area (Å²) in [4.78, 5) is 34.6. The smallest absolute Gasteiger partial charge is 0.326 e. The van der Waals surface area contributed by atoms with E-state index in [0.29, 0.717) is 0 Å². The summed E-state index contributed by atoms with van der Waals surface area (Å²) < 4.78 is 5.26. The third-order valence-corrected chi connectivity index (χ3v) is 3.39. The molecule has 1 saturated carbocycles. The van der Waals surface area contributed by atoms with E-state index < -0.39 is 22.8 Å². The number of carbonyl (C=O) groups is 2. The van der Waals surface area contributed by atoms with E-state index in [0.717, 1.165) is 12.8 Å². The number of carbonyl (C=O) groups excluding carboxylic acids is 1. The van der Waals surface area contributed by atoms with E-state index in [1.807, 2.05) is 0 Å². The van der Waals surface area contributed by atoms with Gasteiger partial charge in [-0.05, 0) is 25.8 Å². The molecule has 118 valence electrons. The Morgan fingerprint density at radius 1 is 1.50 bits per heavy atom. The summed E-state index contributed by atoms with van der Waals surface area (Å²) in [5, 5.41) is 19.7. The van der Waals surface area contributed by atoms with E-state index in [4.69, 9.17) is 9.84 Å². The van der Waals surface area contributed by atoms with E-state index in [1.54, 1.807) is 0 Å². The van der Waals surface area contributed by atoms with Crippen LogP contribution in [0.2, 0.25) is 0 Å². The van der Waals surface area contributed by atoms with Crippen molar-refractivity contribution in [2.24, 2.45) is 0 Å². The number of nitro benzene ring substituents is 1. The molecule has 1 aromatic rings. The summed E-state index contributed by atoms with van der Waals surface area (Å²) in [5.41, 5.74) is -0.136. The number of nitro groups is 1. The molecule has 1 atom stereocenters. The lowest BCUT2D eigenvalue weighted by Crippen LogP contribution is -2.46. The van der Waals surface area contributed by atoms with Gasteiger partial charge in [-0.3, -0.25) is 14.9 Å². The quantitative estimate of drug-likeness (QED) is 0.603. The highest BCUT2D eigenvalue weighted by atomic mass is 16.6. The zero-order chi connectivity index (χ0) is 16.3. The average molecular weight is 308 g/mol. The van der Waals surface area contributed by atoms with Crippen LogP contribution in [0.25, 0.3) is 0 Å². The molecular weight excluding hydrogens is 292 g/mol. The van der Waals surface area contributed by atoms with E-state index in [-0.39, 0.29) is 24.1 Å². The molecule has 8 heteroatoms. The van der Waals surface area contributed by atoms with E-state index in [2.05, 4.69) is 0 Å². The van der Waals surface area contributed by atoms with Gasteiger partial charge in [0.1, 0.15) is 11.8 Å². The van der Waals surface area contributed by atoms with Gasteiger partial charge in [0.05, 0.1) is 11.0 Å². The molecule has 0 radical (unpaired) electrons. The molecule has 1 amide bonds. The second-order valence-corrected chi connectivity index (χ2v) is 5.09. The first-order valence-electron chi connectivity index (χ1n) is 6.81. The topological polar surface area (TPSA) is 110 Å². The van der Waals surface area contributed by atoms with E-state index >= 15 is 0 Å². The number of carboxylic acid groups (broad SMARTS) is 1. The monoisotopic (exact) mass is 308 g/mol. The molecule has 0 saturated heterocycles. The Bertz CT molecular complexity index is 599. The SMILES string of the molecule is CC(C(=O)O)N(C(=O)COc1cccc([N+](=O)[O-])c1)C1CC1. The number of amides is 1. The van der Waals surface area contributed by atoms with Gasteiger partial charge in [0.2, 0.25) is 0 Å². The van der Waals surface area contributed by atoms with Crippen LogP contribution in [0.1, 0.15) is 19.8 Å². The zero-order valence-electron chi connectivity index (χ0n) is 12.0. The molecule has 1 N–H and O–H groups in total. The van der Waals surface area contributed by atoms with Gasteiger partial charge >= 0.3 is 5.97 Å². The average Bonchev–Trinajstić information content (AvgIpc) is 3.30. The van der Waals surface area contributed by atoms with Crippen molar-refractivity contribution in [3.8, 4) is 5.75 Å². The number of benzene rings is 1. The number of carboxylic acids is 1. The van der Waals surface area contributed by atoms with Gasteiger partial charge in [-0.15, -0.1) is 0 Å². The van der Waals surface area contributed by atoms with Gasteiger partial charge in [0.15, 0.2) is 6.61 Å². The normalized spacial score (nSPS) is 15.0. The van der Waals surface area contributed by atoms with Gasteiger partial charge in [0, 0.05) is 12.1 Å². The molecule has 22 heavy (non-hydrogen) atoms. The molecule has 0 aliphatic heterocycles. The Balaban J connectivity index is 2.00. The predicted molar refractivity (Wildman–Crippen MR) is 75.6 cm³/mol. The summed E-state index contributed by atoms with van der Waals surface area (Å²) in [7, 11) is 0. The van der Waals surface area contributed by atoms with Crippen molar-refractivity contribution in [3.63, 3.8) is 0 Å². The van der Waals surface area contributed by atoms with Gasteiger partial charge < -0.3 is 14.7 Å². The minimum absolute atomic E-state index is 0.0627. The predicted octanol–water partition coefficient (Wildman–Crippen LogP) is 1.44. The van der Waals surface area contributed by atoms with Crippen molar-refractivity contribution >= 4 is 17.6 Å².